The number of fused-ring (bicyclic) bond motifs is 1. The first-order valence-electron chi connectivity index (χ1n) is 7.88. The molecule has 4 heterocycles. The number of amides is 1. The largest absolute Gasteiger partial charge is 0.368 e. The van der Waals surface area contributed by atoms with Gasteiger partial charge >= 0.3 is 0 Å². The molecule has 7 nitrogen and oxygen atoms in total. The molecule has 0 radical (unpaired) electrons. The van der Waals surface area contributed by atoms with E-state index in [1.54, 1.807) is 12.4 Å². The van der Waals surface area contributed by atoms with Gasteiger partial charge in [0.1, 0.15) is 11.6 Å². The molecule has 2 aromatic heterocycles. The first-order valence-corrected chi connectivity index (χ1v) is 7.88. The van der Waals surface area contributed by atoms with Crippen molar-refractivity contribution in [3.8, 4) is 0 Å². The van der Waals surface area contributed by atoms with E-state index in [0.717, 1.165) is 50.0 Å². The van der Waals surface area contributed by atoms with Crippen LogP contribution in [-0.4, -0.2) is 56.8 Å². The van der Waals surface area contributed by atoms with Crippen LogP contribution < -0.4 is 0 Å². The second-order valence-corrected chi connectivity index (χ2v) is 5.97. The number of rotatable bonds is 2. The van der Waals surface area contributed by atoms with Crippen LogP contribution in [0.1, 0.15) is 37.3 Å². The summed E-state index contributed by atoms with van der Waals surface area (Å²) < 4.78 is 5.50. The predicted molar refractivity (Wildman–Crippen MR) is 79.2 cm³/mol. The Bertz CT molecular complexity index is 671. The Balaban J connectivity index is 1.44. The summed E-state index contributed by atoms with van der Waals surface area (Å²) in [7, 11) is 0. The van der Waals surface area contributed by atoms with Gasteiger partial charge in [0, 0.05) is 38.0 Å². The molecule has 0 aliphatic carbocycles. The fraction of sp³-hybridized carbons (Fsp3) is 0.600. The summed E-state index contributed by atoms with van der Waals surface area (Å²) in [6.45, 7) is 2.25. The first-order chi connectivity index (χ1) is 10.8. The average Bonchev–Trinajstić information content (AvgIpc) is 3.24. The molecule has 0 aromatic carbocycles. The van der Waals surface area contributed by atoms with Gasteiger partial charge in [-0.2, -0.15) is 5.10 Å². The van der Waals surface area contributed by atoms with E-state index in [-0.39, 0.29) is 12.0 Å². The second-order valence-electron chi connectivity index (χ2n) is 5.97. The second kappa shape index (κ2) is 5.64. The zero-order valence-corrected chi connectivity index (χ0v) is 12.4. The molecule has 2 fully saturated rings. The van der Waals surface area contributed by atoms with Gasteiger partial charge in [-0.3, -0.25) is 9.89 Å². The lowest BCUT2D eigenvalue weighted by Crippen LogP contribution is -2.43. The molecule has 2 aromatic rings. The molecule has 116 valence electrons. The quantitative estimate of drug-likeness (QED) is 0.902. The number of nitrogens with zero attached hydrogens (tertiary/aromatic N) is 4. The number of carbonyl (C=O) groups excluding carboxylic acids is 1. The van der Waals surface area contributed by atoms with Crippen LogP contribution in [-0.2, 0) is 9.53 Å². The van der Waals surface area contributed by atoms with Crippen LogP contribution in [0.4, 0.5) is 0 Å². The third-order valence-corrected chi connectivity index (χ3v) is 4.64. The number of aromatic nitrogens is 4. The minimum Gasteiger partial charge on any atom is -0.368 e. The third kappa shape index (κ3) is 2.35. The molecule has 22 heavy (non-hydrogen) atoms. The average molecular weight is 301 g/mol. The molecule has 1 atom stereocenters. The summed E-state index contributed by atoms with van der Waals surface area (Å²) >= 11 is 0. The molecule has 7 heteroatoms. The zero-order chi connectivity index (χ0) is 14.9. The summed E-state index contributed by atoms with van der Waals surface area (Å²) in [5.74, 6) is 0.514. The highest BCUT2D eigenvalue weighted by Gasteiger charge is 2.32. The molecule has 1 N–H and O–H groups in total. The third-order valence-electron chi connectivity index (χ3n) is 4.64. The van der Waals surface area contributed by atoms with Gasteiger partial charge in [0.25, 0.3) is 5.91 Å². The van der Waals surface area contributed by atoms with Crippen LogP contribution in [0, 0.1) is 0 Å². The van der Waals surface area contributed by atoms with Crippen molar-refractivity contribution >= 4 is 17.1 Å². The molecule has 2 aliphatic rings. The highest BCUT2D eigenvalue weighted by atomic mass is 16.5. The summed E-state index contributed by atoms with van der Waals surface area (Å²) in [5.41, 5.74) is 2.56. The predicted octanol–water partition coefficient (Wildman–Crippen LogP) is 1.24. The number of ether oxygens (including phenoxy) is 1. The minimum atomic E-state index is -0.213. The molecular formula is C15H19N5O2. The van der Waals surface area contributed by atoms with Crippen molar-refractivity contribution in [2.75, 3.05) is 19.7 Å². The number of hydrogen-bond acceptors (Lipinski definition) is 5. The van der Waals surface area contributed by atoms with Crippen LogP contribution in [0.3, 0.4) is 0 Å². The van der Waals surface area contributed by atoms with E-state index < -0.39 is 0 Å². The molecule has 1 amide bonds. The van der Waals surface area contributed by atoms with Crippen molar-refractivity contribution in [3.63, 3.8) is 0 Å². The Kier molecular flexibility index (Phi) is 3.49. The molecule has 2 aliphatic heterocycles. The number of likely N-dealkylation sites (tertiary alicyclic amines) is 1. The van der Waals surface area contributed by atoms with E-state index in [1.807, 2.05) is 4.90 Å². The van der Waals surface area contributed by atoms with Gasteiger partial charge in [0.2, 0.25) is 0 Å². The van der Waals surface area contributed by atoms with Gasteiger partial charge in [-0.25, -0.2) is 9.97 Å². The Morgan fingerprint density at radius 1 is 1.23 bits per heavy atom. The first kappa shape index (κ1) is 13.6. The normalized spacial score (nSPS) is 23.3. The number of aromatic amines is 1. The Hall–Kier alpha value is -2.02. The highest BCUT2D eigenvalue weighted by Crippen LogP contribution is 2.30. The molecule has 0 unspecified atom stereocenters. The Morgan fingerprint density at radius 2 is 2.05 bits per heavy atom. The standard InChI is InChI=1S/C15H19N5O2/c21-15(11-2-1-9-22-11)20-7-3-10(4-8-20)12-13-14(19-18-12)17-6-5-16-13/h5-6,10-11H,1-4,7-9H2,(H,17,18,19)/t11-/m0/s1. The maximum atomic E-state index is 12.4. The van der Waals surface area contributed by atoms with Crippen molar-refractivity contribution in [1.29, 1.82) is 0 Å². The summed E-state index contributed by atoms with van der Waals surface area (Å²) in [4.78, 5) is 22.9. The summed E-state index contributed by atoms with van der Waals surface area (Å²) in [6.07, 6.45) is 6.83. The maximum Gasteiger partial charge on any atom is 0.251 e. The van der Waals surface area contributed by atoms with Gasteiger partial charge < -0.3 is 9.64 Å². The number of carbonyl (C=O) groups is 1. The lowest BCUT2D eigenvalue weighted by atomic mass is 9.92. The van der Waals surface area contributed by atoms with E-state index in [4.69, 9.17) is 4.74 Å². The summed E-state index contributed by atoms with van der Waals surface area (Å²) in [6, 6.07) is 0. The van der Waals surface area contributed by atoms with Gasteiger partial charge in [-0.1, -0.05) is 0 Å². The number of piperidine rings is 1. The number of hydrogen-bond donors (Lipinski definition) is 1. The monoisotopic (exact) mass is 301 g/mol. The fourth-order valence-corrected chi connectivity index (χ4v) is 3.42. The van der Waals surface area contributed by atoms with Gasteiger partial charge in [-0.05, 0) is 25.7 Å². The van der Waals surface area contributed by atoms with Gasteiger partial charge in [-0.15, -0.1) is 0 Å². The van der Waals surface area contributed by atoms with E-state index in [2.05, 4.69) is 20.2 Å². The van der Waals surface area contributed by atoms with Crippen LogP contribution in [0.5, 0.6) is 0 Å². The van der Waals surface area contributed by atoms with Crippen molar-refractivity contribution in [3.05, 3.63) is 18.1 Å². The number of nitrogens with one attached hydrogen (secondary N) is 1. The van der Waals surface area contributed by atoms with Crippen LogP contribution >= 0.6 is 0 Å². The van der Waals surface area contributed by atoms with Gasteiger partial charge in [0.05, 0.1) is 5.69 Å². The smallest absolute Gasteiger partial charge is 0.251 e. The maximum absolute atomic E-state index is 12.4. The zero-order valence-electron chi connectivity index (χ0n) is 12.4. The number of H-pyrrole nitrogens is 1. The van der Waals surface area contributed by atoms with Crippen LogP contribution in [0.25, 0.3) is 11.2 Å². The minimum absolute atomic E-state index is 0.158. The van der Waals surface area contributed by atoms with Crippen molar-refractivity contribution in [2.45, 2.75) is 37.7 Å². The van der Waals surface area contributed by atoms with E-state index in [0.29, 0.717) is 18.2 Å². The molecule has 4 rings (SSSR count). The summed E-state index contributed by atoms with van der Waals surface area (Å²) in [5, 5.41) is 7.29. The lowest BCUT2D eigenvalue weighted by Gasteiger charge is -2.32. The molecule has 0 bridgehead atoms. The SMILES string of the molecule is O=C([C@@H]1CCCO1)N1CCC(c2[nH]nc3nccnc23)CC1. The molecule has 0 saturated carbocycles. The van der Waals surface area contributed by atoms with Crippen molar-refractivity contribution < 1.29 is 9.53 Å². The Labute approximate surface area is 128 Å². The topological polar surface area (TPSA) is 84.0 Å². The molecule has 0 spiro atoms. The van der Waals surface area contributed by atoms with E-state index in [9.17, 15) is 4.79 Å². The van der Waals surface area contributed by atoms with Crippen LogP contribution in [0.2, 0.25) is 0 Å². The Morgan fingerprint density at radius 3 is 2.82 bits per heavy atom. The highest BCUT2D eigenvalue weighted by molar-refractivity contribution is 5.81. The van der Waals surface area contributed by atoms with Gasteiger partial charge in [0.15, 0.2) is 5.65 Å². The van der Waals surface area contributed by atoms with Crippen LogP contribution in [0.15, 0.2) is 12.4 Å². The molecular weight excluding hydrogens is 282 g/mol. The van der Waals surface area contributed by atoms with Crippen molar-refractivity contribution in [2.24, 2.45) is 0 Å². The molecule has 2 saturated heterocycles. The lowest BCUT2D eigenvalue weighted by molar-refractivity contribution is -0.142. The van der Waals surface area contributed by atoms with Crippen molar-refractivity contribution in [1.82, 2.24) is 25.1 Å². The van der Waals surface area contributed by atoms with E-state index >= 15 is 0 Å². The van der Waals surface area contributed by atoms with E-state index in [1.165, 1.54) is 0 Å². The fourth-order valence-electron chi connectivity index (χ4n) is 3.42.